The Balaban J connectivity index is 1.76. The number of quaternary nitrogens is 1. The Labute approximate surface area is 170 Å². The fourth-order valence-corrected chi connectivity index (χ4v) is 3.48. The van der Waals surface area contributed by atoms with E-state index in [0.717, 1.165) is 22.5 Å². The van der Waals surface area contributed by atoms with Crippen LogP contribution in [-0.4, -0.2) is 48.9 Å². The molecule has 2 aromatic rings. The summed E-state index contributed by atoms with van der Waals surface area (Å²) in [6, 6.07) is 16.5. The molecule has 2 N–H and O–H groups in total. The van der Waals surface area contributed by atoms with Crippen molar-refractivity contribution in [3.05, 3.63) is 65.7 Å². The molecule has 0 saturated heterocycles. The minimum atomic E-state index is -1.15. The second-order valence-electron chi connectivity index (χ2n) is 7.43. The monoisotopic (exact) mass is 394 g/mol. The zero-order valence-corrected chi connectivity index (χ0v) is 16.9. The van der Waals surface area contributed by atoms with Gasteiger partial charge in [-0.1, -0.05) is 42.5 Å². The number of carbonyl (C=O) groups excluding carboxylic acids is 2. The van der Waals surface area contributed by atoms with Crippen molar-refractivity contribution in [1.29, 1.82) is 0 Å². The SMILES string of the molecule is CC(=O)N1N=C(c2ccc(N(C)C)cc2)C[C@@H]1[NH2+][C@H](Cc1ccccc1)C(=O)[O-]. The van der Waals surface area contributed by atoms with Crippen molar-refractivity contribution in [2.45, 2.75) is 32.0 Å². The molecule has 29 heavy (non-hydrogen) atoms. The van der Waals surface area contributed by atoms with E-state index in [1.807, 2.05) is 73.6 Å². The lowest BCUT2D eigenvalue weighted by Gasteiger charge is -2.24. The van der Waals surface area contributed by atoms with Gasteiger partial charge in [0.15, 0.2) is 6.17 Å². The Kier molecular flexibility index (Phi) is 6.29. The number of hydrogen-bond donors (Lipinski definition) is 1. The molecule has 0 radical (unpaired) electrons. The highest BCUT2D eigenvalue weighted by Gasteiger charge is 2.35. The maximum absolute atomic E-state index is 12.1. The highest BCUT2D eigenvalue weighted by Crippen LogP contribution is 2.20. The highest BCUT2D eigenvalue weighted by atomic mass is 16.4. The van der Waals surface area contributed by atoms with Crippen molar-refractivity contribution in [3.8, 4) is 0 Å². The van der Waals surface area contributed by atoms with Crippen molar-refractivity contribution in [2.24, 2.45) is 5.10 Å². The fourth-order valence-electron chi connectivity index (χ4n) is 3.48. The summed E-state index contributed by atoms with van der Waals surface area (Å²) in [7, 11) is 3.94. The van der Waals surface area contributed by atoms with Crippen LogP contribution in [0.3, 0.4) is 0 Å². The Morgan fingerprint density at radius 1 is 1.17 bits per heavy atom. The van der Waals surface area contributed by atoms with Crippen LogP contribution in [0.5, 0.6) is 0 Å². The van der Waals surface area contributed by atoms with Gasteiger partial charge in [-0.05, 0) is 23.3 Å². The Bertz CT molecular complexity index is 894. The lowest BCUT2D eigenvalue weighted by atomic mass is 10.0. The number of carboxylic acid groups (broad SMARTS) is 1. The average molecular weight is 394 g/mol. The minimum absolute atomic E-state index is 0.219. The highest BCUT2D eigenvalue weighted by molar-refractivity contribution is 6.03. The number of rotatable bonds is 7. The number of nitrogens with two attached hydrogens (primary N) is 1. The van der Waals surface area contributed by atoms with E-state index in [1.165, 1.54) is 11.9 Å². The van der Waals surface area contributed by atoms with Gasteiger partial charge < -0.3 is 20.1 Å². The van der Waals surface area contributed by atoms with Crippen LogP contribution < -0.4 is 15.3 Å². The van der Waals surface area contributed by atoms with E-state index in [2.05, 4.69) is 5.10 Å². The average Bonchev–Trinajstić information content (AvgIpc) is 3.12. The molecular formula is C22H26N4O3. The van der Waals surface area contributed by atoms with Gasteiger partial charge in [-0.3, -0.25) is 4.79 Å². The Morgan fingerprint density at radius 2 is 1.83 bits per heavy atom. The smallest absolute Gasteiger partial charge is 0.244 e. The van der Waals surface area contributed by atoms with Crippen molar-refractivity contribution >= 4 is 23.3 Å². The summed E-state index contributed by atoms with van der Waals surface area (Å²) in [5, 5.41) is 19.3. The molecule has 7 nitrogen and oxygen atoms in total. The summed E-state index contributed by atoms with van der Waals surface area (Å²) in [5.41, 5.74) is 3.67. The van der Waals surface area contributed by atoms with Crippen LogP contribution in [0.15, 0.2) is 59.7 Å². The van der Waals surface area contributed by atoms with E-state index in [1.54, 1.807) is 5.32 Å². The maximum Gasteiger partial charge on any atom is 0.244 e. The van der Waals surface area contributed by atoms with Crippen LogP contribution >= 0.6 is 0 Å². The van der Waals surface area contributed by atoms with Gasteiger partial charge in [0.25, 0.3) is 0 Å². The second-order valence-corrected chi connectivity index (χ2v) is 7.43. The summed E-state index contributed by atoms with van der Waals surface area (Å²) in [6.07, 6.45) is 0.375. The van der Waals surface area contributed by atoms with E-state index >= 15 is 0 Å². The van der Waals surface area contributed by atoms with Gasteiger partial charge in [0.05, 0.1) is 18.1 Å². The molecule has 1 aliphatic rings. The zero-order chi connectivity index (χ0) is 21.0. The molecule has 0 bridgehead atoms. The summed E-state index contributed by atoms with van der Waals surface area (Å²) < 4.78 is 0. The number of aliphatic carboxylic acids is 1. The van der Waals surface area contributed by atoms with Crippen LogP contribution in [0.2, 0.25) is 0 Å². The summed E-state index contributed by atoms with van der Waals surface area (Å²) in [4.78, 5) is 25.9. The molecular weight excluding hydrogens is 368 g/mol. The molecule has 2 atom stereocenters. The predicted octanol–water partition coefficient (Wildman–Crippen LogP) is -0.0404. The number of carbonyl (C=O) groups is 2. The van der Waals surface area contributed by atoms with Crippen LogP contribution in [-0.2, 0) is 16.0 Å². The van der Waals surface area contributed by atoms with Gasteiger partial charge in [0.2, 0.25) is 5.91 Å². The van der Waals surface area contributed by atoms with Crippen molar-refractivity contribution in [1.82, 2.24) is 5.01 Å². The number of benzene rings is 2. The molecule has 3 rings (SSSR count). The van der Waals surface area contributed by atoms with E-state index in [0.29, 0.717) is 12.8 Å². The van der Waals surface area contributed by atoms with Gasteiger partial charge in [-0.15, -0.1) is 0 Å². The van der Waals surface area contributed by atoms with E-state index < -0.39 is 18.2 Å². The molecule has 2 aromatic carbocycles. The van der Waals surface area contributed by atoms with Gasteiger partial charge >= 0.3 is 0 Å². The molecule has 1 aliphatic heterocycles. The van der Waals surface area contributed by atoms with Crippen LogP contribution in [0.4, 0.5) is 5.69 Å². The summed E-state index contributed by atoms with van der Waals surface area (Å²) in [6.45, 7) is 1.44. The summed E-state index contributed by atoms with van der Waals surface area (Å²) >= 11 is 0. The van der Waals surface area contributed by atoms with E-state index in [-0.39, 0.29) is 5.91 Å². The van der Waals surface area contributed by atoms with Crippen molar-refractivity contribution in [3.63, 3.8) is 0 Å². The van der Waals surface area contributed by atoms with Gasteiger partial charge in [0.1, 0.15) is 6.04 Å². The number of hydrogen-bond acceptors (Lipinski definition) is 5. The first-order valence-corrected chi connectivity index (χ1v) is 9.60. The third kappa shape index (κ3) is 5.00. The molecule has 0 fully saturated rings. The molecule has 0 saturated carbocycles. The molecule has 152 valence electrons. The first-order valence-electron chi connectivity index (χ1n) is 9.60. The van der Waals surface area contributed by atoms with E-state index in [4.69, 9.17) is 0 Å². The van der Waals surface area contributed by atoms with Crippen LogP contribution in [0.1, 0.15) is 24.5 Å². The number of carboxylic acids is 1. The second kappa shape index (κ2) is 8.87. The Hall–Kier alpha value is -3.19. The van der Waals surface area contributed by atoms with Gasteiger partial charge in [-0.25, -0.2) is 0 Å². The van der Waals surface area contributed by atoms with Crippen LogP contribution in [0.25, 0.3) is 0 Å². The van der Waals surface area contributed by atoms with Crippen molar-refractivity contribution in [2.75, 3.05) is 19.0 Å². The minimum Gasteiger partial charge on any atom is -0.544 e. The number of anilines is 1. The van der Waals surface area contributed by atoms with Crippen molar-refractivity contribution < 1.29 is 20.0 Å². The van der Waals surface area contributed by atoms with Gasteiger partial charge in [-0.2, -0.15) is 10.1 Å². The maximum atomic E-state index is 12.1. The summed E-state index contributed by atoms with van der Waals surface area (Å²) in [5.74, 6) is -1.37. The molecule has 0 aromatic heterocycles. The third-order valence-electron chi connectivity index (χ3n) is 5.04. The Morgan fingerprint density at radius 3 is 2.38 bits per heavy atom. The molecule has 1 heterocycles. The molecule has 0 aliphatic carbocycles. The number of hydrazone groups is 1. The van der Waals surface area contributed by atoms with Crippen LogP contribution in [0, 0.1) is 0 Å². The molecule has 7 heteroatoms. The molecule has 1 amide bonds. The lowest BCUT2D eigenvalue weighted by Crippen LogP contribution is -3.00. The lowest BCUT2D eigenvalue weighted by molar-refractivity contribution is -0.728. The first-order chi connectivity index (χ1) is 13.8. The largest absolute Gasteiger partial charge is 0.544 e. The zero-order valence-electron chi connectivity index (χ0n) is 16.9. The first kappa shape index (κ1) is 20.5. The predicted molar refractivity (Wildman–Crippen MR) is 109 cm³/mol. The standard InChI is InChI=1S/C22H26N4O3/c1-15(27)26-21(23-20(22(28)29)13-16-7-5-4-6-8-16)14-19(24-26)17-9-11-18(12-10-17)25(2)3/h4-12,20-21,23H,13-14H2,1-3H3,(H,28,29)/t20-,21-/m1/s1. The normalized spacial score (nSPS) is 17.0. The van der Waals surface area contributed by atoms with Gasteiger partial charge in [0, 0.05) is 33.1 Å². The fraction of sp³-hybridized carbons (Fsp3) is 0.318. The number of amides is 1. The molecule has 0 unspecified atom stereocenters. The third-order valence-corrected chi connectivity index (χ3v) is 5.04. The molecule has 0 spiro atoms. The quantitative estimate of drug-likeness (QED) is 0.713. The number of nitrogens with zero attached hydrogens (tertiary/aromatic N) is 3. The topological polar surface area (TPSA) is 92.7 Å². The van der Waals surface area contributed by atoms with E-state index in [9.17, 15) is 14.7 Å².